The Hall–Kier alpha value is -2.01. The van der Waals surface area contributed by atoms with Crippen molar-refractivity contribution < 1.29 is 0 Å². The number of nitrogens with two attached hydrogens (primary N) is 2. The highest BCUT2D eigenvalue weighted by Gasteiger charge is 2.33. The van der Waals surface area contributed by atoms with Crippen LogP contribution in [0.3, 0.4) is 0 Å². The zero-order chi connectivity index (χ0) is 18.2. The van der Waals surface area contributed by atoms with E-state index in [0.717, 1.165) is 0 Å². The van der Waals surface area contributed by atoms with Gasteiger partial charge >= 0.3 is 0 Å². The Morgan fingerprint density at radius 2 is 1.83 bits per heavy atom. The standard InChI is InChI=1S/C9H18ClN5S.C3H5N5/c1-5-11-7-13-8(12-6(2)3)15-9(10,14-7)16-4;4-2-6-1-7-3(5)8-2/h6H,5H2,1-4H3,(H3,11,12,13,14,15);1H,(H4,4,5,6,7,8). The van der Waals surface area contributed by atoms with Crippen molar-refractivity contribution in [1.29, 1.82) is 0 Å². The van der Waals surface area contributed by atoms with Crippen LogP contribution in [0.15, 0.2) is 16.3 Å². The van der Waals surface area contributed by atoms with E-state index in [-0.39, 0.29) is 17.9 Å². The van der Waals surface area contributed by atoms with Gasteiger partial charge in [0.15, 0.2) is 0 Å². The Morgan fingerprint density at radius 3 is 2.25 bits per heavy atom. The number of anilines is 2. The van der Waals surface area contributed by atoms with Crippen LogP contribution in [-0.2, 0) is 0 Å². The van der Waals surface area contributed by atoms with Crippen LogP contribution in [0, 0.1) is 0 Å². The molecule has 1 unspecified atom stereocenters. The summed E-state index contributed by atoms with van der Waals surface area (Å²) in [6, 6.07) is 0.193. The molecule has 1 aliphatic heterocycles. The molecule has 1 fully saturated rings. The van der Waals surface area contributed by atoms with Crippen LogP contribution in [0.4, 0.5) is 11.9 Å². The zero-order valence-electron chi connectivity index (χ0n) is 14.0. The van der Waals surface area contributed by atoms with Gasteiger partial charge in [0.1, 0.15) is 6.33 Å². The Balaban J connectivity index is 0.000000300. The lowest BCUT2D eigenvalue weighted by Crippen LogP contribution is -2.67. The van der Waals surface area contributed by atoms with Gasteiger partial charge in [0.2, 0.25) is 28.3 Å². The fourth-order valence-corrected chi connectivity index (χ4v) is 2.07. The summed E-state index contributed by atoms with van der Waals surface area (Å²) in [5, 5.41) is 9.19. The third kappa shape index (κ3) is 7.04. The summed E-state index contributed by atoms with van der Waals surface area (Å²) in [6.45, 7) is 6.66. The maximum Gasteiger partial charge on any atom is 0.240 e. The molecule has 0 bridgehead atoms. The number of hydrogen-bond donors (Lipinski definition) is 5. The molecule has 1 atom stereocenters. The lowest BCUT2D eigenvalue weighted by Gasteiger charge is -2.35. The van der Waals surface area contributed by atoms with Crippen molar-refractivity contribution in [3.05, 3.63) is 6.33 Å². The van der Waals surface area contributed by atoms with Crippen LogP contribution in [-0.4, -0.2) is 50.2 Å². The smallest absolute Gasteiger partial charge is 0.240 e. The molecule has 0 saturated carbocycles. The zero-order valence-corrected chi connectivity index (χ0v) is 15.6. The molecule has 24 heavy (non-hydrogen) atoms. The third-order valence-electron chi connectivity index (χ3n) is 2.39. The Labute approximate surface area is 150 Å². The highest BCUT2D eigenvalue weighted by molar-refractivity contribution is 8.01. The molecule has 7 N–H and O–H groups in total. The van der Waals surface area contributed by atoms with E-state index in [1.54, 1.807) is 0 Å². The molecule has 2 rings (SSSR count). The number of hydrogen-bond acceptors (Lipinski definition) is 8. The van der Waals surface area contributed by atoms with Crippen molar-refractivity contribution in [2.45, 2.75) is 31.3 Å². The van der Waals surface area contributed by atoms with Gasteiger partial charge in [-0.3, -0.25) is 15.3 Å². The predicted molar refractivity (Wildman–Crippen MR) is 101 cm³/mol. The van der Waals surface area contributed by atoms with E-state index >= 15 is 0 Å². The molecule has 0 aromatic carbocycles. The number of nitrogens with one attached hydrogen (secondary N) is 3. The summed E-state index contributed by atoms with van der Waals surface area (Å²) in [6.07, 6.45) is 3.17. The first-order chi connectivity index (χ1) is 11.3. The van der Waals surface area contributed by atoms with Crippen molar-refractivity contribution in [1.82, 2.24) is 30.9 Å². The number of thioether (sulfide) groups is 1. The van der Waals surface area contributed by atoms with E-state index in [0.29, 0.717) is 18.5 Å². The summed E-state index contributed by atoms with van der Waals surface area (Å²) < 4.78 is -0.785. The molecule has 1 saturated heterocycles. The summed E-state index contributed by atoms with van der Waals surface area (Å²) in [5.74, 6) is 1.59. The average molecular weight is 375 g/mol. The average Bonchev–Trinajstić information content (AvgIpc) is 2.46. The minimum Gasteiger partial charge on any atom is -0.368 e. The number of halogens is 1. The maximum atomic E-state index is 6.31. The van der Waals surface area contributed by atoms with Crippen LogP contribution >= 0.6 is 23.4 Å². The molecule has 1 aromatic heterocycles. The van der Waals surface area contributed by atoms with Gasteiger partial charge in [-0.1, -0.05) is 23.4 Å². The van der Waals surface area contributed by atoms with E-state index < -0.39 is 4.45 Å². The van der Waals surface area contributed by atoms with Crippen LogP contribution in [0.5, 0.6) is 0 Å². The molecule has 10 nitrogen and oxygen atoms in total. The second-order valence-electron chi connectivity index (χ2n) is 4.77. The molecule has 134 valence electrons. The SMILES string of the molecule is CCN=C1NC(=NC(C)C)NC(Cl)(SC)N1.Nc1ncnc(N)n1. The Bertz CT molecular complexity index is 576. The van der Waals surface area contributed by atoms with Crippen LogP contribution in [0.25, 0.3) is 0 Å². The lowest BCUT2D eigenvalue weighted by atomic mass is 10.4. The van der Waals surface area contributed by atoms with Crippen molar-refractivity contribution in [3.8, 4) is 0 Å². The van der Waals surface area contributed by atoms with Crippen molar-refractivity contribution in [2.75, 3.05) is 24.3 Å². The lowest BCUT2D eigenvalue weighted by molar-refractivity contribution is 0.638. The highest BCUT2D eigenvalue weighted by atomic mass is 35.5. The summed E-state index contributed by atoms with van der Waals surface area (Å²) in [5.41, 5.74) is 10.2. The van der Waals surface area contributed by atoms with Crippen molar-refractivity contribution >= 4 is 47.2 Å². The molecule has 0 spiro atoms. The largest absolute Gasteiger partial charge is 0.368 e. The van der Waals surface area contributed by atoms with Gasteiger partial charge in [0, 0.05) is 12.6 Å². The normalized spacial score (nSPS) is 23.1. The second kappa shape index (κ2) is 9.33. The second-order valence-corrected chi connectivity index (χ2v) is 6.58. The summed E-state index contributed by atoms with van der Waals surface area (Å²) >= 11 is 7.76. The number of alkyl halides is 1. The minimum atomic E-state index is -0.785. The fraction of sp³-hybridized carbons (Fsp3) is 0.583. The monoisotopic (exact) mass is 374 g/mol. The molecular formula is C12H23ClN10S. The van der Waals surface area contributed by atoms with Crippen LogP contribution in [0.1, 0.15) is 20.8 Å². The molecule has 0 amide bonds. The first-order valence-electron chi connectivity index (χ1n) is 7.17. The quantitative estimate of drug-likeness (QED) is 0.368. The van der Waals surface area contributed by atoms with Crippen LogP contribution < -0.4 is 27.4 Å². The van der Waals surface area contributed by atoms with Gasteiger partial charge < -0.3 is 22.1 Å². The fourth-order valence-electron chi connectivity index (χ4n) is 1.49. The molecule has 0 radical (unpaired) electrons. The summed E-state index contributed by atoms with van der Waals surface area (Å²) in [4.78, 5) is 19.2. The van der Waals surface area contributed by atoms with E-state index in [9.17, 15) is 0 Å². The number of guanidine groups is 2. The van der Waals surface area contributed by atoms with Crippen molar-refractivity contribution in [2.24, 2.45) is 9.98 Å². The summed E-state index contributed by atoms with van der Waals surface area (Å²) in [7, 11) is 0. The topological polar surface area (TPSA) is 152 Å². The maximum absolute atomic E-state index is 6.31. The van der Waals surface area contributed by atoms with Gasteiger partial charge in [-0.2, -0.15) is 4.98 Å². The first-order valence-corrected chi connectivity index (χ1v) is 8.78. The number of aliphatic imine (C=N–C) groups is 2. The number of nitrogens with zero attached hydrogens (tertiary/aromatic N) is 5. The minimum absolute atomic E-state index is 0.150. The van der Waals surface area contributed by atoms with Gasteiger partial charge in [-0.25, -0.2) is 9.97 Å². The van der Waals surface area contributed by atoms with E-state index in [1.165, 1.54) is 18.1 Å². The first kappa shape index (κ1) is 20.0. The molecule has 0 aliphatic carbocycles. The predicted octanol–water partition coefficient (Wildman–Crippen LogP) is 0.158. The van der Waals surface area contributed by atoms with E-state index in [1.807, 2.05) is 27.0 Å². The molecule has 1 aromatic rings. The third-order valence-corrected chi connectivity index (χ3v) is 3.81. The Kier molecular flexibility index (Phi) is 7.79. The molecule has 12 heteroatoms. The number of aromatic nitrogens is 3. The molecule has 2 heterocycles. The van der Waals surface area contributed by atoms with Crippen molar-refractivity contribution in [3.63, 3.8) is 0 Å². The van der Waals surface area contributed by atoms with Crippen LogP contribution in [0.2, 0.25) is 0 Å². The van der Waals surface area contributed by atoms with Gasteiger partial charge in [-0.05, 0) is 27.0 Å². The number of nitrogen functional groups attached to an aromatic ring is 2. The van der Waals surface area contributed by atoms with Gasteiger partial charge in [0.05, 0.1) is 0 Å². The van der Waals surface area contributed by atoms with Gasteiger partial charge in [0.25, 0.3) is 0 Å². The molecule has 1 aliphatic rings. The Morgan fingerprint density at radius 1 is 1.25 bits per heavy atom. The highest BCUT2D eigenvalue weighted by Crippen LogP contribution is 2.22. The van der Waals surface area contributed by atoms with E-state index in [2.05, 4.69) is 40.9 Å². The van der Waals surface area contributed by atoms with E-state index in [4.69, 9.17) is 23.1 Å². The van der Waals surface area contributed by atoms with Gasteiger partial charge in [-0.15, -0.1) is 0 Å². The molecular weight excluding hydrogens is 352 g/mol. The number of rotatable bonds is 3.